The minimum absolute atomic E-state index is 0.0881. The molecule has 1 aromatic rings. The number of rotatable bonds is 4. The van der Waals surface area contributed by atoms with Crippen molar-refractivity contribution >= 4 is 22.0 Å². The average Bonchev–Trinajstić information content (AvgIpc) is 2.19. The van der Waals surface area contributed by atoms with Crippen LogP contribution in [0.3, 0.4) is 0 Å². The Kier molecular flexibility index (Phi) is 3.63. The lowest BCUT2D eigenvalue weighted by Gasteiger charge is -1.93. The van der Waals surface area contributed by atoms with Crippen molar-refractivity contribution in [2.24, 2.45) is 4.99 Å². The van der Waals surface area contributed by atoms with Crippen molar-refractivity contribution < 1.29 is 8.42 Å². The fourth-order valence-corrected chi connectivity index (χ4v) is 1.19. The number of hydrogen-bond acceptors (Lipinski definition) is 6. The Balaban J connectivity index is 2.59. The number of aliphatic imine (C=N–C) groups is 1. The summed E-state index contributed by atoms with van der Waals surface area (Å²) in [4.78, 5) is 14.8. The number of hydrogen-bond donors (Lipinski definition) is 0. The summed E-state index contributed by atoms with van der Waals surface area (Å²) in [7, 11) is -3.01. The monoisotopic (exact) mass is 214 g/mol. The van der Waals surface area contributed by atoms with E-state index < -0.39 is 9.84 Å². The molecular weight excluding hydrogens is 204 g/mol. The van der Waals surface area contributed by atoms with Crippen LogP contribution in [-0.2, 0) is 9.84 Å². The van der Waals surface area contributed by atoms with Crippen molar-refractivity contribution in [3.63, 3.8) is 0 Å². The molecule has 6 nitrogen and oxygen atoms in total. The predicted molar refractivity (Wildman–Crippen MR) is 52.3 cm³/mol. The number of sulfone groups is 1. The van der Waals surface area contributed by atoms with Gasteiger partial charge < -0.3 is 0 Å². The zero-order valence-electron chi connectivity index (χ0n) is 7.66. The first-order chi connectivity index (χ1) is 6.64. The van der Waals surface area contributed by atoms with Crippen molar-refractivity contribution in [2.45, 2.75) is 6.92 Å². The fraction of sp³-hybridized carbons (Fsp3) is 0.429. The first-order valence-corrected chi connectivity index (χ1v) is 5.81. The Morgan fingerprint density at radius 3 is 2.64 bits per heavy atom. The highest BCUT2D eigenvalue weighted by molar-refractivity contribution is 7.91. The predicted octanol–water partition coefficient (Wildman–Crippen LogP) is 0.00860. The molecule has 0 aliphatic rings. The normalized spacial score (nSPS) is 12.1. The highest BCUT2D eigenvalue weighted by atomic mass is 32.2. The van der Waals surface area contributed by atoms with Gasteiger partial charge in [-0.05, 0) is 0 Å². The summed E-state index contributed by atoms with van der Waals surface area (Å²) in [6, 6.07) is 0. The third kappa shape index (κ3) is 3.56. The first-order valence-electron chi connectivity index (χ1n) is 3.99. The van der Waals surface area contributed by atoms with E-state index in [1.54, 1.807) is 6.92 Å². The van der Waals surface area contributed by atoms with Crippen LogP contribution in [0.2, 0.25) is 0 Å². The molecule has 0 aromatic carbocycles. The Labute approximate surface area is 82.1 Å². The van der Waals surface area contributed by atoms with Gasteiger partial charge in [0.05, 0.1) is 5.75 Å². The minimum atomic E-state index is -3.01. The van der Waals surface area contributed by atoms with E-state index >= 15 is 0 Å². The van der Waals surface area contributed by atoms with Crippen LogP contribution in [0, 0.1) is 0 Å². The van der Waals surface area contributed by atoms with Crippen LogP contribution in [0.25, 0.3) is 0 Å². The van der Waals surface area contributed by atoms with Crippen LogP contribution < -0.4 is 0 Å². The standard InChI is InChI=1S/C7H10N4O2S/c1-2-14(12,13)4-3-9-7-10-5-8-6-11-7/h3,5-6H,2,4H2,1H3. The molecule has 0 fully saturated rings. The van der Waals surface area contributed by atoms with Gasteiger partial charge in [0.25, 0.3) is 5.95 Å². The third-order valence-electron chi connectivity index (χ3n) is 1.45. The summed E-state index contributed by atoms with van der Waals surface area (Å²) < 4.78 is 22.1. The molecule has 0 saturated carbocycles. The van der Waals surface area contributed by atoms with Crippen LogP contribution in [0.15, 0.2) is 17.6 Å². The molecule has 7 heteroatoms. The van der Waals surface area contributed by atoms with Crippen molar-refractivity contribution in [2.75, 3.05) is 11.5 Å². The lowest BCUT2D eigenvalue weighted by atomic mass is 10.8. The van der Waals surface area contributed by atoms with Gasteiger partial charge in [0.15, 0.2) is 9.84 Å². The number of nitrogens with zero attached hydrogens (tertiary/aromatic N) is 4. The van der Waals surface area contributed by atoms with Gasteiger partial charge in [-0.25, -0.2) is 18.4 Å². The van der Waals surface area contributed by atoms with Gasteiger partial charge in [0, 0.05) is 12.0 Å². The van der Waals surface area contributed by atoms with E-state index in [9.17, 15) is 8.42 Å². The Morgan fingerprint density at radius 2 is 2.07 bits per heavy atom. The molecule has 0 unspecified atom stereocenters. The van der Waals surface area contributed by atoms with Crippen LogP contribution in [0.1, 0.15) is 6.92 Å². The van der Waals surface area contributed by atoms with E-state index in [1.165, 1.54) is 18.9 Å². The fourth-order valence-electron chi connectivity index (χ4n) is 0.650. The van der Waals surface area contributed by atoms with Crippen LogP contribution >= 0.6 is 0 Å². The topological polar surface area (TPSA) is 85.2 Å². The van der Waals surface area contributed by atoms with Crippen molar-refractivity contribution in [1.82, 2.24) is 15.0 Å². The molecule has 0 amide bonds. The Bertz CT molecular complexity index is 401. The minimum Gasteiger partial charge on any atom is -0.228 e. The molecule has 0 saturated heterocycles. The van der Waals surface area contributed by atoms with Gasteiger partial charge in [-0.3, -0.25) is 0 Å². The van der Waals surface area contributed by atoms with Gasteiger partial charge in [-0.2, -0.15) is 9.97 Å². The van der Waals surface area contributed by atoms with Crippen LogP contribution in [0.4, 0.5) is 5.95 Å². The van der Waals surface area contributed by atoms with E-state index in [1.807, 2.05) is 0 Å². The quantitative estimate of drug-likeness (QED) is 0.659. The van der Waals surface area contributed by atoms with Gasteiger partial charge in [-0.15, -0.1) is 0 Å². The number of aromatic nitrogens is 3. The molecule has 0 spiro atoms. The maximum atomic E-state index is 11.0. The van der Waals surface area contributed by atoms with Crippen molar-refractivity contribution in [3.8, 4) is 0 Å². The molecule has 1 aromatic heterocycles. The Morgan fingerprint density at radius 1 is 1.43 bits per heavy atom. The summed E-state index contributed by atoms with van der Waals surface area (Å²) in [5, 5.41) is 0. The summed E-state index contributed by atoms with van der Waals surface area (Å²) >= 11 is 0. The zero-order chi connectivity index (χ0) is 10.4. The molecule has 0 aliphatic heterocycles. The third-order valence-corrected chi connectivity index (χ3v) is 2.99. The van der Waals surface area contributed by atoms with E-state index in [0.29, 0.717) is 0 Å². The second kappa shape index (κ2) is 4.75. The van der Waals surface area contributed by atoms with E-state index in [4.69, 9.17) is 0 Å². The lowest BCUT2D eigenvalue weighted by molar-refractivity contribution is 0.601. The van der Waals surface area contributed by atoms with Crippen LogP contribution in [-0.4, -0.2) is 41.1 Å². The second-order valence-corrected chi connectivity index (χ2v) is 4.85. The molecule has 0 atom stereocenters. The zero-order valence-corrected chi connectivity index (χ0v) is 8.48. The molecule has 0 radical (unpaired) electrons. The maximum Gasteiger partial charge on any atom is 0.251 e. The largest absolute Gasteiger partial charge is 0.251 e. The molecule has 1 rings (SSSR count). The van der Waals surface area contributed by atoms with Crippen molar-refractivity contribution in [3.05, 3.63) is 12.7 Å². The molecule has 14 heavy (non-hydrogen) atoms. The maximum absolute atomic E-state index is 11.0. The lowest BCUT2D eigenvalue weighted by Crippen LogP contribution is -2.09. The smallest absolute Gasteiger partial charge is 0.228 e. The molecule has 0 aliphatic carbocycles. The molecule has 0 bridgehead atoms. The summed E-state index contributed by atoms with van der Waals surface area (Å²) in [6.07, 6.45) is 3.89. The van der Waals surface area contributed by atoms with Gasteiger partial charge >= 0.3 is 0 Å². The highest BCUT2D eigenvalue weighted by Gasteiger charge is 2.03. The average molecular weight is 214 g/mol. The van der Waals surface area contributed by atoms with E-state index in [-0.39, 0.29) is 17.5 Å². The summed E-state index contributed by atoms with van der Waals surface area (Å²) in [6.45, 7) is 1.59. The Hall–Kier alpha value is -1.37. The summed E-state index contributed by atoms with van der Waals surface area (Å²) in [5.74, 6) is 0.233. The molecule has 0 N–H and O–H groups in total. The second-order valence-electron chi connectivity index (χ2n) is 2.45. The molecule has 76 valence electrons. The van der Waals surface area contributed by atoms with Gasteiger partial charge in [0.1, 0.15) is 12.7 Å². The first kappa shape index (κ1) is 10.7. The summed E-state index contributed by atoms with van der Waals surface area (Å²) in [5.41, 5.74) is 0. The van der Waals surface area contributed by atoms with E-state index in [2.05, 4.69) is 19.9 Å². The van der Waals surface area contributed by atoms with Crippen molar-refractivity contribution in [1.29, 1.82) is 0 Å². The van der Waals surface area contributed by atoms with Gasteiger partial charge in [-0.1, -0.05) is 6.92 Å². The van der Waals surface area contributed by atoms with Gasteiger partial charge in [0.2, 0.25) is 0 Å². The molecular formula is C7H10N4O2S. The SMILES string of the molecule is CCS(=O)(=O)CC=Nc1ncncn1. The van der Waals surface area contributed by atoms with Crippen LogP contribution in [0.5, 0.6) is 0 Å². The molecule has 1 heterocycles. The highest BCUT2D eigenvalue weighted by Crippen LogP contribution is 1.96. The van der Waals surface area contributed by atoms with E-state index in [0.717, 1.165) is 0 Å².